The molecule has 0 unspecified atom stereocenters. The minimum atomic E-state index is -0.564. The number of rotatable bonds is 5. The van der Waals surface area contributed by atoms with E-state index in [0.29, 0.717) is 6.54 Å². The van der Waals surface area contributed by atoms with Crippen LogP contribution in [0.4, 0.5) is 5.69 Å². The molecule has 0 spiro atoms. The van der Waals surface area contributed by atoms with Gasteiger partial charge in [0.15, 0.2) is 0 Å². The van der Waals surface area contributed by atoms with Crippen LogP contribution in [0.3, 0.4) is 0 Å². The zero-order valence-electron chi connectivity index (χ0n) is 10.4. The van der Waals surface area contributed by atoms with Crippen molar-refractivity contribution in [2.24, 2.45) is 0 Å². The Labute approximate surface area is 116 Å². The summed E-state index contributed by atoms with van der Waals surface area (Å²) in [5.74, 6) is 2.09. The number of benzene rings is 1. The minimum Gasteiger partial charge on any atom is -0.327 e. The Bertz CT molecular complexity index is 537. The van der Waals surface area contributed by atoms with Gasteiger partial charge in [0.1, 0.15) is 0 Å². The number of nitro groups is 1. The second-order valence-electron chi connectivity index (χ2n) is 3.85. The normalized spacial score (nSPS) is 9.74. The molecule has 0 heterocycles. The van der Waals surface area contributed by atoms with Crippen LogP contribution in [0.15, 0.2) is 18.2 Å². The zero-order chi connectivity index (χ0) is 14.4. The predicted octanol–water partition coefficient (Wildman–Crippen LogP) is 2.73. The quantitative estimate of drug-likeness (QED) is 0.473. The standard InChI is InChI=1S/C13H13ClN2O3/c1-3-7-15(8-4-2)13(17)11-6-5-10(16(18)19)9-12(11)14/h1,5-6,9H,4,7-8H2,2H3. The highest BCUT2D eigenvalue weighted by Crippen LogP contribution is 2.23. The zero-order valence-corrected chi connectivity index (χ0v) is 11.2. The molecule has 0 fully saturated rings. The fourth-order valence-corrected chi connectivity index (χ4v) is 1.85. The first-order valence-corrected chi connectivity index (χ1v) is 6.05. The number of halogens is 1. The van der Waals surface area contributed by atoms with Gasteiger partial charge in [0.05, 0.1) is 22.1 Å². The fraction of sp³-hybridized carbons (Fsp3) is 0.308. The van der Waals surface area contributed by atoms with Gasteiger partial charge in [-0.2, -0.15) is 0 Å². The van der Waals surface area contributed by atoms with E-state index in [1.807, 2.05) is 6.92 Å². The van der Waals surface area contributed by atoms with Gasteiger partial charge in [-0.25, -0.2) is 0 Å². The molecule has 0 saturated heterocycles. The van der Waals surface area contributed by atoms with Crippen molar-refractivity contribution >= 4 is 23.2 Å². The van der Waals surface area contributed by atoms with Crippen LogP contribution in [0.5, 0.6) is 0 Å². The van der Waals surface area contributed by atoms with Crippen LogP contribution in [0, 0.1) is 22.5 Å². The number of carbonyl (C=O) groups excluding carboxylic acids is 1. The fourth-order valence-electron chi connectivity index (χ4n) is 1.59. The Kier molecular flexibility index (Phi) is 5.34. The minimum absolute atomic E-state index is 0.0531. The molecular formula is C13H13ClN2O3. The smallest absolute Gasteiger partial charge is 0.270 e. The molecule has 19 heavy (non-hydrogen) atoms. The molecule has 0 saturated carbocycles. The van der Waals surface area contributed by atoms with Gasteiger partial charge in [0.2, 0.25) is 0 Å². The van der Waals surface area contributed by atoms with Crippen molar-refractivity contribution in [2.75, 3.05) is 13.1 Å². The molecule has 0 radical (unpaired) electrons. The van der Waals surface area contributed by atoms with E-state index in [1.54, 1.807) is 0 Å². The summed E-state index contributed by atoms with van der Waals surface area (Å²) in [5, 5.41) is 10.7. The van der Waals surface area contributed by atoms with Crippen molar-refractivity contribution in [3.05, 3.63) is 38.9 Å². The summed E-state index contributed by atoms with van der Waals surface area (Å²) in [7, 11) is 0. The molecule has 5 nitrogen and oxygen atoms in total. The van der Waals surface area contributed by atoms with Crippen molar-refractivity contribution in [3.63, 3.8) is 0 Å². The Morgan fingerprint density at radius 2 is 2.26 bits per heavy atom. The molecule has 6 heteroatoms. The van der Waals surface area contributed by atoms with Gasteiger partial charge >= 0.3 is 0 Å². The highest BCUT2D eigenvalue weighted by atomic mass is 35.5. The van der Waals surface area contributed by atoms with Crippen LogP contribution in [0.25, 0.3) is 0 Å². The van der Waals surface area contributed by atoms with Gasteiger partial charge in [-0.3, -0.25) is 14.9 Å². The number of terminal acetylenes is 1. The monoisotopic (exact) mass is 280 g/mol. The lowest BCUT2D eigenvalue weighted by Crippen LogP contribution is -2.32. The second kappa shape index (κ2) is 6.76. The van der Waals surface area contributed by atoms with Crippen LogP contribution in [-0.2, 0) is 0 Å². The average molecular weight is 281 g/mol. The topological polar surface area (TPSA) is 63.5 Å². The summed E-state index contributed by atoms with van der Waals surface area (Å²) in [6.45, 7) is 2.62. The van der Waals surface area contributed by atoms with E-state index < -0.39 is 4.92 Å². The van der Waals surface area contributed by atoms with Gasteiger partial charge < -0.3 is 4.90 Å². The summed E-state index contributed by atoms with van der Waals surface area (Å²) < 4.78 is 0. The van der Waals surface area contributed by atoms with E-state index in [9.17, 15) is 14.9 Å². The molecule has 0 atom stereocenters. The largest absolute Gasteiger partial charge is 0.327 e. The molecule has 0 aliphatic rings. The third-order valence-electron chi connectivity index (χ3n) is 2.46. The van der Waals surface area contributed by atoms with E-state index >= 15 is 0 Å². The van der Waals surface area contributed by atoms with E-state index in [4.69, 9.17) is 18.0 Å². The number of hydrogen-bond acceptors (Lipinski definition) is 3. The molecule has 1 amide bonds. The van der Waals surface area contributed by atoms with Crippen LogP contribution in [0.2, 0.25) is 5.02 Å². The predicted molar refractivity (Wildman–Crippen MR) is 73.1 cm³/mol. The number of nitrogens with zero attached hydrogens (tertiary/aromatic N) is 2. The van der Waals surface area contributed by atoms with Gasteiger partial charge in [0, 0.05) is 18.7 Å². The lowest BCUT2D eigenvalue weighted by molar-refractivity contribution is -0.384. The molecule has 1 rings (SSSR count). The Morgan fingerprint density at radius 1 is 1.58 bits per heavy atom. The number of hydrogen-bond donors (Lipinski definition) is 0. The van der Waals surface area contributed by atoms with E-state index in [0.717, 1.165) is 12.5 Å². The molecule has 0 bridgehead atoms. The average Bonchev–Trinajstić information content (AvgIpc) is 2.37. The maximum Gasteiger partial charge on any atom is 0.270 e. The van der Waals surface area contributed by atoms with Gasteiger partial charge in [-0.1, -0.05) is 24.4 Å². The summed E-state index contributed by atoms with van der Waals surface area (Å²) in [6.07, 6.45) is 5.97. The number of nitro benzene ring substituents is 1. The van der Waals surface area contributed by atoms with Crippen molar-refractivity contribution in [1.29, 1.82) is 0 Å². The lowest BCUT2D eigenvalue weighted by Gasteiger charge is -2.19. The molecule has 0 aliphatic heterocycles. The Balaban J connectivity index is 3.05. The number of amides is 1. The Hall–Kier alpha value is -2.06. The molecule has 1 aromatic rings. The molecule has 0 N–H and O–H groups in total. The maximum absolute atomic E-state index is 12.2. The summed E-state index contributed by atoms with van der Waals surface area (Å²) in [4.78, 5) is 23.7. The summed E-state index contributed by atoms with van der Waals surface area (Å²) >= 11 is 5.91. The van der Waals surface area contributed by atoms with Gasteiger partial charge in [0.25, 0.3) is 11.6 Å². The van der Waals surface area contributed by atoms with Crippen LogP contribution in [-0.4, -0.2) is 28.8 Å². The van der Waals surface area contributed by atoms with E-state index in [1.165, 1.54) is 17.0 Å². The van der Waals surface area contributed by atoms with Crippen molar-refractivity contribution in [3.8, 4) is 12.3 Å². The van der Waals surface area contributed by atoms with Crippen LogP contribution < -0.4 is 0 Å². The van der Waals surface area contributed by atoms with Crippen LogP contribution in [0.1, 0.15) is 23.7 Å². The molecule has 1 aromatic carbocycles. The number of carbonyl (C=O) groups is 1. The third-order valence-corrected chi connectivity index (χ3v) is 2.77. The SMILES string of the molecule is C#CCN(CCC)C(=O)c1ccc([N+](=O)[O-])cc1Cl. The van der Waals surface area contributed by atoms with Gasteiger partial charge in [-0.05, 0) is 12.5 Å². The first-order valence-electron chi connectivity index (χ1n) is 5.68. The van der Waals surface area contributed by atoms with Gasteiger partial charge in [-0.15, -0.1) is 6.42 Å². The van der Waals surface area contributed by atoms with E-state index in [-0.39, 0.29) is 28.7 Å². The molecule has 100 valence electrons. The second-order valence-corrected chi connectivity index (χ2v) is 4.26. The highest BCUT2D eigenvalue weighted by Gasteiger charge is 2.19. The third kappa shape index (κ3) is 3.70. The molecule has 0 aliphatic carbocycles. The summed E-state index contributed by atoms with van der Waals surface area (Å²) in [6, 6.07) is 3.76. The first kappa shape index (κ1) is 15.0. The maximum atomic E-state index is 12.2. The lowest BCUT2D eigenvalue weighted by atomic mass is 10.1. The first-order chi connectivity index (χ1) is 9.01. The van der Waals surface area contributed by atoms with Crippen molar-refractivity contribution in [2.45, 2.75) is 13.3 Å². The summed E-state index contributed by atoms with van der Waals surface area (Å²) in [5.41, 5.74) is 0.0662. The molecular weight excluding hydrogens is 268 g/mol. The molecule has 0 aromatic heterocycles. The Morgan fingerprint density at radius 3 is 2.74 bits per heavy atom. The van der Waals surface area contributed by atoms with E-state index in [2.05, 4.69) is 5.92 Å². The van der Waals surface area contributed by atoms with Crippen molar-refractivity contribution in [1.82, 2.24) is 4.90 Å². The van der Waals surface area contributed by atoms with Crippen LogP contribution >= 0.6 is 11.6 Å². The number of non-ortho nitro benzene ring substituents is 1. The highest BCUT2D eigenvalue weighted by molar-refractivity contribution is 6.34. The van der Waals surface area contributed by atoms with Crippen molar-refractivity contribution < 1.29 is 9.72 Å².